The summed E-state index contributed by atoms with van der Waals surface area (Å²) in [6.45, 7) is 4.93. The summed E-state index contributed by atoms with van der Waals surface area (Å²) in [4.78, 5) is 2.18. The zero-order valence-electron chi connectivity index (χ0n) is 7.87. The third-order valence-electron chi connectivity index (χ3n) is 2.04. The lowest BCUT2D eigenvalue weighted by Crippen LogP contribution is -2.38. The minimum absolute atomic E-state index is 0.234. The number of aliphatic hydroxyl groups is 1. The van der Waals surface area contributed by atoms with E-state index in [1.54, 1.807) is 0 Å². The number of hydrogen-bond donors (Lipinski definition) is 1. The van der Waals surface area contributed by atoms with Gasteiger partial charge in [0.25, 0.3) is 0 Å². The molecule has 0 bridgehead atoms. The van der Waals surface area contributed by atoms with Crippen LogP contribution >= 0.6 is 11.8 Å². The third-order valence-corrected chi connectivity index (χ3v) is 2.63. The van der Waals surface area contributed by atoms with Crippen molar-refractivity contribution in [1.29, 1.82) is 0 Å². The van der Waals surface area contributed by atoms with E-state index in [4.69, 9.17) is 0 Å². The van der Waals surface area contributed by atoms with Gasteiger partial charge in [0, 0.05) is 18.3 Å². The first-order valence-corrected chi connectivity index (χ1v) is 5.36. The Balaban J connectivity index is 3.55. The van der Waals surface area contributed by atoms with Gasteiger partial charge in [-0.2, -0.15) is 11.8 Å². The fraction of sp³-hybridized carbons (Fsp3) is 1.00. The largest absolute Gasteiger partial charge is 0.392 e. The van der Waals surface area contributed by atoms with Gasteiger partial charge in [0.05, 0.1) is 6.10 Å². The maximum absolute atomic E-state index is 9.24. The molecule has 0 spiro atoms. The van der Waals surface area contributed by atoms with Crippen molar-refractivity contribution in [3.05, 3.63) is 0 Å². The van der Waals surface area contributed by atoms with Crippen LogP contribution in [0.4, 0.5) is 0 Å². The predicted molar refractivity (Wildman–Crippen MR) is 52.2 cm³/mol. The lowest BCUT2D eigenvalue weighted by molar-refractivity contribution is 0.0904. The Morgan fingerprint density at radius 2 is 2.00 bits per heavy atom. The summed E-state index contributed by atoms with van der Waals surface area (Å²) in [7, 11) is 2.05. The second-order valence-electron chi connectivity index (χ2n) is 2.95. The van der Waals surface area contributed by atoms with E-state index in [0.29, 0.717) is 0 Å². The zero-order chi connectivity index (χ0) is 8.85. The van der Waals surface area contributed by atoms with E-state index in [-0.39, 0.29) is 12.1 Å². The molecule has 0 aliphatic heterocycles. The van der Waals surface area contributed by atoms with Crippen molar-refractivity contribution in [3.63, 3.8) is 0 Å². The molecule has 2 atom stereocenters. The van der Waals surface area contributed by atoms with Crippen LogP contribution in [-0.2, 0) is 0 Å². The lowest BCUT2D eigenvalue weighted by Gasteiger charge is -2.26. The highest BCUT2D eigenvalue weighted by Gasteiger charge is 2.12. The highest BCUT2D eigenvalue weighted by Crippen LogP contribution is 2.02. The lowest BCUT2D eigenvalue weighted by atomic mass is 10.2. The van der Waals surface area contributed by atoms with Gasteiger partial charge < -0.3 is 10.0 Å². The smallest absolute Gasteiger partial charge is 0.0664 e. The normalized spacial score (nSPS) is 16.9. The Morgan fingerprint density at radius 3 is 2.36 bits per heavy atom. The van der Waals surface area contributed by atoms with Crippen LogP contribution in [0.25, 0.3) is 0 Å². The molecule has 0 aromatic rings. The predicted octanol–water partition coefficient (Wildman–Crippen LogP) is 1.05. The Morgan fingerprint density at radius 1 is 1.45 bits per heavy atom. The molecule has 0 amide bonds. The second-order valence-corrected chi connectivity index (χ2v) is 3.94. The summed E-state index contributed by atoms with van der Waals surface area (Å²) >= 11 is 1.84. The molecule has 68 valence electrons. The van der Waals surface area contributed by atoms with Crippen molar-refractivity contribution in [1.82, 2.24) is 4.90 Å². The third kappa shape index (κ3) is 4.67. The van der Waals surface area contributed by atoms with Gasteiger partial charge in [-0.1, -0.05) is 0 Å². The molecule has 0 saturated carbocycles. The first kappa shape index (κ1) is 11.3. The Bertz CT molecular complexity index is 98.1. The first-order valence-electron chi connectivity index (χ1n) is 3.96. The Kier molecular flexibility index (Phi) is 6.01. The van der Waals surface area contributed by atoms with Crippen LogP contribution in [-0.4, -0.2) is 47.8 Å². The van der Waals surface area contributed by atoms with Gasteiger partial charge in [0.2, 0.25) is 0 Å². The molecule has 3 heteroatoms. The van der Waals surface area contributed by atoms with Crippen molar-refractivity contribution in [2.75, 3.05) is 25.6 Å². The summed E-state index contributed by atoms with van der Waals surface area (Å²) in [6, 6.07) is 0.266. The second kappa shape index (κ2) is 5.86. The van der Waals surface area contributed by atoms with Crippen molar-refractivity contribution in [2.45, 2.75) is 26.0 Å². The molecule has 11 heavy (non-hydrogen) atoms. The average Bonchev–Trinajstić information content (AvgIpc) is 1.98. The van der Waals surface area contributed by atoms with E-state index in [1.807, 2.05) is 32.7 Å². The van der Waals surface area contributed by atoms with Crippen molar-refractivity contribution in [3.8, 4) is 0 Å². The van der Waals surface area contributed by atoms with E-state index in [0.717, 1.165) is 12.3 Å². The van der Waals surface area contributed by atoms with Crippen LogP contribution in [0.2, 0.25) is 0 Å². The van der Waals surface area contributed by atoms with Gasteiger partial charge in [0.1, 0.15) is 0 Å². The Labute approximate surface area is 74.0 Å². The molecular formula is C8H19NOS. The molecule has 0 radical (unpaired) electrons. The van der Waals surface area contributed by atoms with Crippen LogP contribution in [0, 0.1) is 0 Å². The zero-order valence-corrected chi connectivity index (χ0v) is 8.69. The number of hydrogen-bond acceptors (Lipinski definition) is 3. The molecule has 0 aromatic heterocycles. The number of rotatable bonds is 5. The molecule has 0 aliphatic carbocycles. The maximum Gasteiger partial charge on any atom is 0.0664 e. The van der Waals surface area contributed by atoms with Crippen LogP contribution < -0.4 is 0 Å². The minimum atomic E-state index is -0.234. The summed E-state index contributed by atoms with van der Waals surface area (Å²) in [6.07, 6.45) is 1.86. The van der Waals surface area contributed by atoms with Crippen molar-refractivity contribution >= 4 is 11.8 Å². The van der Waals surface area contributed by atoms with Crippen LogP contribution in [0.1, 0.15) is 13.8 Å². The van der Waals surface area contributed by atoms with E-state index < -0.39 is 0 Å². The van der Waals surface area contributed by atoms with Gasteiger partial charge in [-0.05, 0) is 27.2 Å². The van der Waals surface area contributed by atoms with Crippen LogP contribution in [0.15, 0.2) is 0 Å². The van der Waals surface area contributed by atoms with E-state index >= 15 is 0 Å². The summed E-state index contributed by atoms with van der Waals surface area (Å²) in [5.74, 6) is 1.13. The van der Waals surface area contributed by atoms with Crippen molar-refractivity contribution < 1.29 is 5.11 Å². The number of thioether (sulfide) groups is 1. The average molecular weight is 177 g/mol. The van der Waals surface area contributed by atoms with E-state index in [2.05, 4.69) is 11.2 Å². The molecule has 2 unspecified atom stereocenters. The molecule has 0 rings (SSSR count). The number of aliphatic hydroxyl groups excluding tert-OH is 1. The fourth-order valence-corrected chi connectivity index (χ4v) is 1.28. The monoisotopic (exact) mass is 177 g/mol. The van der Waals surface area contributed by atoms with Gasteiger partial charge in [-0.15, -0.1) is 0 Å². The standard InChI is InChI=1S/C8H19NOS/c1-7(8(2)10)9(3)5-6-11-4/h7-8,10H,5-6H2,1-4H3. The van der Waals surface area contributed by atoms with Gasteiger partial charge in [-0.3, -0.25) is 0 Å². The maximum atomic E-state index is 9.24. The SMILES string of the molecule is CSCCN(C)C(C)C(C)O. The quantitative estimate of drug-likeness (QED) is 0.679. The molecule has 0 fully saturated rings. The number of nitrogens with zero attached hydrogens (tertiary/aromatic N) is 1. The molecule has 0 saturated heterocycles. The van der Waals surface area contributed by atoms with E-state index in [9.17, 15) is 5.11 Å². The van der Waals surface area contributed by atoms with Crippen LogP contribution in [0.5, 0.6) is 0 Å². The fourth-order valence-electron chi connectivity index (χ4n) is 0.807. The molecule has 0 aromatic carbocycles. The number of likely N-dealkylation sites (N-methyl/N-ethyl adjacent to an activating group) is 1. The molecule has 0 aliphatic rings. The summed E-state index contributed by atoms with van der Waals surface area (Å²) in [5, 5.41) is 9.24. The van der Waals surface area contributed by atoms with E-state index in [1.165, 1.54) is 0 Å². The highest BCUT2D eigenvalue weighted by molar-refractivity contribution is 7.98. The molecule has 0 heterocycles. The van der Waals surface area contributed by atoms with Gasteiger partial charge in [-0.25, -0.2) is 0 Å². The molecule has 1 N–H and O–H groups in total. The highest BCUT2D eigenvalue weighted by atomic mass is 32.2. The first-order chi connectivity index (χ1) is 5.09. The topological polar surface area (TPSA) is 23.5 Å². The Hall–Kier alpha value is 0.270. The minimum Gasteiger partial charge on any atom is -0.392 e. The van der Waals surface area contributed by atoms with Crippen LogP contribution in [0.3, 0.4) is 0 Å². The summed E-state index contributed by atoms with van der Waals surface area (Å²) in [5.41, 5.74) is 0. The van der Waals surface area contributed by atoms with Gasteiger partial charge in [0.15, 0.2) is 0 Å². The molecular weight excluding hydrogens is 158 g/mol. The summed E-state index contributed by atoms with van der Waals surface area (Å²) < 4.78 is 0. The molecule has 2 nitrogen and oxygen atoms in total. The van der Waals surface area contributed by atoms with Gasteiger partial charge >= 0.3 is 0 Å². The van der Waals surface area contributed by atoms with Crippen molar-refractivity contribution in [2.24, 2.45) is 0 Å².